The first-order chi connectivity index (χ1) is 11.5. The highest BCUT2D eigenvalue weighted by molar-refractivity contribution is 7.99. The minimum Gasteiger partial charge on any atom is -0.454 e. The number of rotatable bonds is 5. The van der Waals surface area contributed by atoms with Gasteiger partial charge in [-0.3, -0.25) is 4.79 Å². The third kappa shape index (κ3) is 3.76. The molecule has 3 rings (SSSR count). The van der Waals surface area contributed by atoms with Crippen molar-refractivity contribution in [1.82, 2.24) is 0 Å². The van der Waals surface area contributed by atoms with Gasteiger partial charge in [0.2, 0.25) is 12.7 Å². The first-order valence-electron chi connectivity index (χ1n) is 7.72. The summed E-state index contributed by atoms with van der Waals surface area (Å²) in [6, 6.07) is 9.70. The Morgan fingerprint density at radius 2 is 1.92 bits per heavy atom. The Hall–Kier alpha value is -2.34. The number of aryl methyl sites for hydroxylation is 2. The van der Waals surface area contributed by atoms with Gasteiger partial charge in [-0.15, -0.1) is 11.8 Å². The molecule has 24 heavy (non-hydrogen) atoms. The van der Waals surface area contributed by atoms with Crippen LogP contribution in [-0.2, 0) is 4.79 Å². The van der Waals surface area contributed by atoms with Gasteiger partial charge in [0.15, 0.2) is 11.5 Å². The lowest BCUT2D eigenvalue weighted by Gasteiger charge is -2.09. The second-order valence-corrected chi connectivity index (χ2v) is 6.85. The Kier molecular flexibility index (Phi) is 4.85. The summed E-state index contributed by atoms with van der Waals surface area (Å²) in [6.45, 7) is 4.36. The lowest BCUT2D eigenvalue weighted by atomic mass is 10.1. The van der Waals surface area contributed by atoms with Crippen molar-refractivity contribution in [2.24, 2.45) is 0 Å². The van der Waals surface area contributed by atoms with Crippen LogP contribution in [0.1, 0.15) is 17.5 Å². The first-order valence-corrected chi connectivity index (χ1v) is 8.70. The highest BCUT2D eigenvalue weighted by Crippen LogP contribution is 2.38. The molecular weight excluding hydrogens is 324 g/mol. The molecule has 1 aliphatic rings. The molecule has 2 aromatic rings. The van der Waals surface area contributed by atoms with E-state index in [1.54, 1.807) is 23.9 Å². The SMILES string of the molecule is Cc1ccc(SCCC(=O)Nc2cc3c(cc2N)OCO3)cc1C. The van der Waals surface area contributed by atoms with Crippen LogP contribution in [0, 0.1) is 13.8 Å². The molecule has 0 aliphatic carbocycles. The predicted octanol–water partition coefficient (Wildman–Crippen LogP) is 3.74. The van der Waals surface area contributed by atoms with Crippen molar-refractivity contribution in [3.63, 3.8) is 0 Å². The number of nitrogens with two attached hydrogens (primary N) is 1. The number of benzene rings is 2. The van der Waals surface area contributed by atoms with Crippen molar-refractivity contribution in [2.75, 3.05) is 23.6 Å². The third-order valence-electron chi connectivity index (χ3n) is 3.90. The molecule has 0 unspecified atom stereocenters. The lowest BCUT2D eigenvalue weighted by Crippen LogP contribution is -2.13. The van der Waals surface area contributed by atoms with Gasteiger partial charge < -0.3 is 20.5 Å². The molecule has 5 nitrogen and oxygen atoms in total. The summed E-state index contributed by atoms with van der Waals surface area (Å²) in [6.07, 6.45) is 0.408. The summed E-state index contributed by atoms with van der Waals surface area (Å²) in [5.74, 6) is 1.84. The second-order valence-electron chi connectivity index (χ2n) is 5.69. The summed E-state index contributed by atoms with van der Waals surface area (Å²) in [5, 5.41) is 2.83. The van der Waals surface area contributed by atoms with Crippen LogP contribution in [0.3, 0.4) is 0 Å². The second kappa shape index (κ2) is 7.05. The van der Waals surface area contributed by atoms with Gasteiger partial charge in [0, 0.05) is 29.2 Å². The van der Waals surface area contributed by atoms with Crippen LogP contribution < -0.4 is 20.5 Å². The largest absolute Gasteiger partial charge is 0.454 e. The Bertz CT molecular complexity index is 777. The molecule has 1 amide bonds. The van der Waals surface area contributed by atoms with E-state index in [0.29, 0.717) is 35.0 Å². The number of carbonyl (C=O) groups is 1. The number of nitrogen functional groups attached to an aromatic ring is 1. The van der Waals surface area contributed by atoms with Crippen molar-refractivity contribution in [1.29, 1.82) is 0 Å². The van der Waals surface area contributed by atoms with E-state index in [1.807, 2.05) is 0 Å². The average Bonchev–Trinajstić information content (AvgIpc) is 2.98. The number of ether oxygens (including phenoxy) is 2. The van der Waals surface area contributed by atoms with Crippen LogP contribution in [0.4, 0.5) is 11.4 Å². The van der Waals surface area contributed by atoms with Gasteiger partial charge in [0.25, 0.3) is 0 Å². The Morgan fingerprint density at radius 3 is 2.67 bits per heavy atom. The van der Waals surface area contributed by atoms with E-state index in [2.05, 4.69) is 37.4 Å². The highest BCUT2D eigenvalue weighted by Gasteiger charge is 2.17. The van der Waals surface area contributed by atoms with Gasteiger partial charge in [0.05, 0.1) is 11.4 Å². The molecule has 6 heteroatoms. The van der Waals surface area contributed by atoms with E-state index < -0.39 is 0 Å². The topological polar surface area (TPSA) is 73.6 Å². The maximum atomic E-state index is 12.1. The van der Waals surface area contributed by atoms with Crippen LogP contribution in [0.25, 0.3) is 0 Å². The molecule has 0 aromatic heterocycles. The quantitative estimate of drug-likeness (QED) is 0.638. The Balaban J connectivity index is 1.53. The summed E-state index contributed by atoms with van der Waals surface area (Å²) in [5.41, 5.74) is 9.50. The van der Waals surface area contributed by atoms with Crippen molar-refractivity contribution in [3.8, 4) is 11.5 Å². The molecule has 1 heterocycles. The zero-order valence-corrected chi connectivity index (χ0v) is 14.5. The zero-order valence-electron chi connectivity index (χ0n) is 13.7. The van der Waals surface area contributed by atoms with Gasteiger partial charge in [-0.05, 0) is 37.1 Å². The molecular formula is C18H20N2O3S. The molecule has 0 radical (unpaired) electrons. The van der Waals surface area contributed by atoms with E-state index in [0.717, 1.165) is 0 Å². The number of anilines is 2. The van der Waals surface area contributed by atoms with Gasteiger partial charge in [-0.25, -0.2) is 0 Å². The lowest BCUT2D eigenvalue weighted by molar-refractivity contribution is -0.115. The van der Waals surface area contributed by atoms with E-state index in [4.69, 9.17) is 15.2 Å². The maximum Gasteiger partial charge on any atom is 0.231 e. The number of carbonyl (C=O) groups excluding carboxylic acids is 1. The van der Waals surface area contributed by atoms with Gasteiger partial charge in [0.1, 0.15) is 0 Å². The fourth-order valence-electron chi connectivity index (χ4n) is 2.34. The van der Waals surface area contributed by atoms with Crippen LogP contribution in [0.5, 0.6) is 11.5 Å². The van der Waals surface area contributed by atoms with Crippen LogP contribution in [0.15, 0.2) is 35.2 Å². The fraction of sp³-hybridized carbons (Fsp3) is 0.278. The van der Waals surface area contributed by atoms with Crippen LogP contribution in [-0.4, -0.2) is 18.5 Å². The normalized spacial score (nSPS) is 12.2. The summed E-state index contributed by atoms with van der Waals surface area (Å²) in [4.78, 5) is 13.3. The zero-order chi connectivity index (χ0) is 17.1. The van der Waals surface area contributed by atoms with Crippen LogP contribution in [0.2, 0.25) is 0 Å². The summed E-state index contributed by atoms with van der Waals surface area (Å²) < 4.78 is 10.6. The Morgan fingerprint density at radius 1 is 1.17 bits per heavy atom. The van der Waals surface area contributed by atoms with E-state index >= 15 is 0 Å². The minimum absolute atomic E-state index is 0.0723. The number of amides is 1. The van der Waals surface area contributed by atoms with E-state index in [1.165, 1.54) is 16.0 Å². The van der Waals surface area contributed by atoms with Crippen molar-refractivity contribution in [3.05, 3.63) is 41.5 Å². The number of fused-ring (bicyclic) bond motifs is 1. The molecule has 2 aromatic carbocycles. The highest BCUT2D eigenvalue weighted by atomic mass is 32.2. The third-order valence-corrected chi connectivity index (χ3v) is 4.89. The standard InChI is InChI=1S/C18H20N2O3S/c1-11-3-4-13(7-12(11)2)24-6-5-18(21)20-15-9-17-16(8-14(15)19)22-10-23-17/h3-4,7-9H,5-6,10,19H2,1-2H3,(H,20,21). The molecule has 0 bridgehead atoms. The molecule has 0 spiro atoms. The smallest absolute Gasteiger partial charge is 0.231 e. The summed E-state index contributed by atoms with van der Waals surface area (Å²) in [7, 11) is 0. The molecule has 0 saturated heterocycles. The molecule has 0 fully saturated rings. The van der Waals surface area contributed by atoms with Crippen molar-refractivity contribution in [2.45, 2.75) is 25.2 Å². The monoisotopic (exact) mass is 344 g/mol. The number of nitrogens with one attached hydrogen (secondary N) is 1. The summed E-state index contributed by atoms with van der Waals surface area (Å²) >= 11 is 1.67. The first kappa shape index (κ1) is 16.5. The molecule has 0 saturated carbocycles. The van der Waals surface area contributed by atoms with Crippen molar-refractivity contribution >= 4 is 29.0 Å². The fourth-order valence-corrected chi connectivity index (χ4v) is 3.29. The Labute approximate surface area is 145 Å². The van der Waals surface area contributed by atoms with Gasteiger partial charge in [-0.1, -0.05) is 6.07 Å². The minimum atomic E-state index is -0.0723. The van der Waals surface area contributed by atoms with Crippen molar-refractivity contribution < 1.29 is 14.3 Å². The molecule has 3 N–H and O–H groups in total. The van der Waals surface area contributed by atoms with E-state index in [9.17, 15) is 4.79 Å². The maximum absolute atomic E-state index is 12.1. The van der Waals surface area contributed by atoms with E-state index in [-0.39, 0.29) is 12.7 Å². The molecule has 1 aliphatic heterocycles. The van der Waals surface area contributed by atoms with Gasteiger partial charge in [-0.2, -0.15) is 0 Å². The molecule has 126 valence electrons. The van der Waals surface area contributed by atoms with Crippen LogP contribution >= 0.6 is 11.8 Å². The number of hydrogen-bond acceptors (Lipinski definition) is 5. The molecule has 0 atom stereocenters. The average molecular weight is 344 g/mol. The van der Waals surface area contributed by atoms with Gasteiger partial charge >= 0.3 is 0 Å². The number of thioether (sulfide) groups is 1. The number of hydrogen-bond donors (Lipinski definition) is 2. The predicted molar refractivity (Wildman–Crippen MR) is 96.9 cm³/mol.